The highest BCUT2D eigenvalue weighted by Gasteiger charge is 2.35. The lowest BCUT2D eigenvalue weighted by Crippen LogP contribution is -2.57. The number of ether oxygens (including phenoxy) is 1. The Bertz CT molecular complexity index is 641. The summed E-state index contributed by atoms with van der Waals surface area (Å²) in [4.78, 5) is 14.4. The van der Waals surface area contributed by atoms with E-state index < -0.39 is 6.09 Å². The number of nitrogens with one attached hydrogen (secondary N) is 1. The van der Waals surface area contributed by atoms with Gasteiger partial charge >= 0.3 is 6.09 Å². The Morgan fingerprint density at radius 3 is 2.82 bits per heavy atom. The number of piperidine rings is 3. The van der Waals surface area contributed by atoms with Crippen LogP contribution in [-0.2, 0) is 0 Å². The van der Waals surface area contributed by atoms with Gasteiger partial charge in [-0.15, -0.1) is 0 Å². The summed E-state index contributed by atoms with van der Waals surface area (Å²) in [6, 6.07) is 5.36. The number of carbonyl (C=O) groups is 1. The first kappa shape index (κ1) is 13.5. The van der Waals surface area contributed by atoms with Crippen molar-refractivity contribution in [1.82, 2.24) is 10.2 Å². The summed E-state index contributed by atoms with van der Waals surface area (Å²) >= 11 is 0. The normalized spacial score (nSPS) is 26.8. The average Bonchev–Trinajstić information content (AvgIpc) is 3.19. The van der Waals surface area contributed by atoms with Gasteiger partial charge in [-0.05, 0) is 44.0 Å². The summed E-state index contributed by atoms with van der Waals surface area (Å²) in [5, 5.41) is 2.96. The second-order valence-corrected chi connectivity index (χ2v) is 5.91. The Labute approximate surface area is 128 Å². The maximum atomic E-state index is 12.0. The molecule has 3 aliphatic heterocycles. The predicted octanol–water partition coefficient (Wildman–Crippen LogP) is 2.72. The molecule has 5 rings (SSSR count). The Balaban J connectivity index is 1.36. The lowest BCUT2D eigenvalue weighted by atomic mass is 9.84. The van der Waals surface area contributed by atoms with Crippen molar-refractivity contribution in [2.75, 3.05) is 19.6 Å². The van der Waals surface area contributed by atoms with E-state index in [0.717, 1.165) is 38.0 Å². The molecule has 3 saturated heterocycles. The molecular weight excluding hydrogens is 284 g/mol. The lowest BCUT2D eigenvalue weighted by molar-refractivity contribution is 0.0715. The number of nitrogens with zero attached hydrogens (tertiary/aromatic N) is 1. The molecule has 0 saturated carbocycles. The molecule has 116 valence electrons. The fraction of sp³-hybridized carbons (Fsp3) is 0.438. The smallest absolute Gasteiger partial charge is 0.415 e. The van der Waals surface area contributed by atoms with Gasteiger partial charge in [0, 0.05) is 18.7 Å². The lowest BCUT2D eigenvalue weighted by Gasteiger charge is -2.44. The molecule has 2 bridgehead atoms. The van der Waals surface area contributed by atoms with Gasteiger partial charge in [-0.1, -0.05) is 0 Å². The number of amides is 1. The molecular formula is C16H18N2O4. The van der Waals surface area contributed by atoms with Crippen molar-refractivity contribution in [3.05, 3.63) is 30.7 Å². The van der Waals surface area contributed by atoms with E-state index in [1.165, 1.54) is 0 Å². The second-order valence-electron chi connectivity index (χ2n) is 5.91. The first-order chi connectivity index (χ1) is 10.8. The van der Waals surface area contributed by atoms with Crippen LogP contribution in [0.3, 0.4) is 0 Å². The first-order valence-electron chi connectivity index (χ1n) is 7.61. The first-order valence-corrected chi connectivity index (χ1v) is 7.61. The highest BCUT2D eigenvalue weighted by molar-refractivity contribution is 5.70. The zero-order valence-corrected chi connectivity index (χ0v) is 12.2. The van der Waals surface area contributed by atoms with Crippen molar-refractivity contribution in [2.45, 2.75) is 18.9 Å². The van der Waals surface area contributed by atoms with Crippen molar-refractivity contribution >= 4 is 6.09 Å². The van der Waals surface area contributed by atoms with Gasteiger partial charge < -0.3 is 23.8 Å². The van der Waals surface area contributed by atoms with E-state index in [0.29, 0.717) is 11.7 Å². The molecule has 6 nitrogen and oxygen atoms in total. The summed E-state index contributed by atoms with van der Waals surface area (Å²) < 4.78 is 15.7. The molecule has 1 N–H and O–H groups in total. The van der Waals surface area contributed by atoms with E-state index >= 15 is 0 Å². The molecule has 6 heteroatoms. The van der Waals surface area contributed by atoms with E-state index in [1.54, 1.807) is 30.7 Å². The number of fused-ring (bicyclic) bond motifs is 3. The number of furan rings is 2. The van der Waals surface area contributed by atoms with Crippen molar-refractivity contribution in [2.24, 2.45) is 5.92 Å². The van der Waals surface area contributed by atoms with Gasteiger partial charge in [0.15, 0.2) is 0 Å². The Morgan fingerprint density at radius 2 is 2.14 bits per heavy atom. The summed E-state index contributed by atoms with van der Waals surface area (Å²) in [6.07, 6.45) is 4.99. The molecule has 5 heterocycles. The third-order valence-corrected chi connectivity index (χ3v) is 4.54. The van der Waals surface area contributed by atoms with Crippen LogP contribution in [0, 0.1) is 5.92 Å². The molecule has 2 aromatic rings. The Kier molecular flexibility index (Phi) is 3.38. The van der Waals surface area contributed by atoms with Gasteiger partial charge in [-0.25, -0.2) is 4.79 Å². The van der Waals surface area contributed by atoms with Crippen LogP contribution in [0.25, 0.3) is 11.3 Å². The molecule has 0 spiro atoms. The maximum absolute atomic E-state index is 12.0. The summed E-state index contributed by atoms with van der Waals surface area (Å²) in [6.45, 7) is 3.20. The summed E-state index contributed by atoms with van der Waals surface area (Å²) in [5.74, 6) is 1.37. The summed E-state index contributed by atoms with van der Waals surface area (Å²) in [7, 11) is 0. The second kappa shape index (κ2) is 5.53. The van der Waals surface area contributed by atoms with Crippen LogP contribution in [0.4, 0.5) is 4.79 Å². The van der Waals surface area contributed by atoms with Crippen LogP contribution in [0.1, 0.15) is 12.8 Å². The van der Waals surface area contributed by atoms with Gasteiger partial charge in [0.1, 0.15) is 12.0 Å². The molecule has 0 aliphatic carbocycles. The molecule has 1 unspecified atom stereocenters. The average molecular weight is 302 g/mol. The third kappa shape index (κ3) is 2.62. The van der Waals surface area contributed by atoms with Crippen LogP contribution < -0.4 is 10.1 Å². The molecule has 0 aromatic carbocycles. The van der Waals surface area contributed by atoms with Crippen LogP contribution in [0.5, 0.6) is 5.95 Å². The van der Waals surface area contributed by atoms with Crippen molar-refractivity contribution in [3.63, 3.8) is 0 Å². The van der Waals surface area contributed by atoms with Crippen molar-refractivity contribution < 1.29 is 18.4 Å². The van der Waals surface area contributed by atoms with E-state index in [4.69, 9.17) is 13.6 Å². The fourth-order valence-electron chi connectivity index (χ4n) is 3.34. The molecule has 1 amide bonds. The Morgan fingerprint density at radius 1 is 1.27 bits per heavy atom. The number of hydrogen-bond acceptors (Lipinski definition) is 5. The highest BCUT2D eigenvalue weighted by Crippen LogP contribution is 2.28. The maximum Gasteiger partial charge on any atom is 0.415 e. The van der Waals surface area contributed by atoms with Gasteiger partial charge in [-0.2, -0.15) is 0 Å². The van der Waals surface area contributed by atoms with Crippen LogP contribution >= 0.6 is 0 Å². The Hall–Kier alpha value is -2.21. The largest absolute Gasteiger partial charge is 0.472 e. The van der Waals surface area contributed by atoms with Crippen LogP contribution in [0.2, 0.25) is 0 Å². The minimum Gasteiger partial charge on any atom is -0.472 e. The van der Waals surface area contributed by atoms with Gasteiger partial charge in [-0.3, -0.25) is 0 Å². The predicted molar refractivity (Wildman–Crippen MR) is 78.5 cm³/mol. The standard InChI is InChI=1S/C16H18N2O4/c19-16(17-13-9-18-6-3-11(13)4-7-18)22-15-2-1-14(21-15)12-5-8-20-10-12/h1-2,5,8,10-11,13H,3-4,6-7,9H2,(H,17,19). The number of hydrogen-bond donors (Lipinski definition) is 1. The van der Waals surface area contributed by atoms with Gasteiger partial charge in [0.05, 0.1) is 11.8 Å². The monoisotopic (exact) mass is 302 g/mol. The molecule has 1 atom stereocenters. The van der Waals surface area contributed by atoms with Crippen molar-refractivity contribution in [1.29, 1.82) is 0 Å². The zero-order chi connectivity index (χ0) is 14.9. The molecule has 3 aliphatic rings. The molecule has 2 aromatic heterocycles. The van der Waals surface area contributed by atoms with Gasteiger partial charge in [0.2, 0.25) is 0 Å². The van der Waals surface area contributed by atoms with E-state index in [2.05, 4.69) is 10.2 Å². The molecule has 0 radical (unpaired) electrons. The number of carbonyl (C=O) groups excluding carboxylic acids is 1. The van der Waals surface area contributed by atoms with Crippen molar-refractivity contribution in [3.8, 4) is 17.3 Å². The SMILES string of the molecule is O=C(NC1CN2CCC1CC2)Oc1ccc(-c2ccoc2)o1. The molecule has 3 fully saturated rings. The zero-order valence-electron chi connectivity index (χ0n) is 12.2. The third-order valence-electron chi connectivity index (χ3n) is 4.54. The molecule has 22 heavy (non-hydrogen) atoms. The minimum atomic E-state index is -0.452. The topological polar surface area (TPSA) is 67.9 Å². The minimum absolute atomic E-state index is 0.179. The van der Waals surface area contributed by atoms with Crippen LogP contribution in [0.15, 0.2) is 39.6 Å². The summed E-state index contributed by atoms with van der Waals surface area (Å²) in [5.41, 5.74) is 0.813. The van der Waals surface area contributed by atoms with E-state index in [9.17, 15) is 4.79 Å². The quantitative estimate of drug-likeness (QED) is 0.944. The van der Waals surface area contributed by atoms with Gasteiger partial charge in [0.25, 0.3) is 5.95 Å². The fourth-order valence-corrected chi connectivity index (χ4v) is 3.34. The van der Waals surface area contributed by atoms with E-state index in [-0.39, 0.29) is 12.0 Å². The van der Waals surface area contributed by atoms with E-state index in [1.807, 2.05) is 0 Å². The number of rotatable bonds is 3. The highest BCUT2D eigenvalue weighted by atomic mass is 16.6. The van der Waals surface area contributed by atoms with Crippen LogP contribution in [-0.4, -0.2) is 36.7 Å².